The predicted molar refractivity (Wildman–Crippen MR) is 55.1 cm³/mol. The standard InChI is InChI=1S/C10H10N2OS/c1-7-2-4-8(5-3-7)10(13)9-6-11-14-12-9/h2-6,10,13H,1H3. The quantitative estimate of drug-likeness (QED) is 0.816. The van der Waals surface area contributed by atoms with Gasteiger partial charge in [-0.15, -0.1) is 0 Å². The van der Waals surface area contributed by atoms with Crippen molar-refractivity contribution in [2.24, 2.45) is 0 Å². The Kier molecular flexibility index (Phi) is 2.56. The van der Waals surface area contributed by atoms with Gasteiger partial charge in [0, 0.05) is 0 Å². The van der Waals surface area contributed by atoms with E-state index >= 15 is 0 Å². The minimum absolute atomic E-state index is 0.610. The van der Waals surface area contributed by atoms with E-state index in [0.29, 0.717) is 5.69 Å². The lowest BCUT2D eigenvalue weighted by atomic mass is 10.1. The number of aromatic nitrogens is 2. The molecule has 0 aliphatic carbocycles. The minimum Gasteiger partial charge on any atom is -0.382 e. The largest absolute Gasteiger partial charge is 0.382 e. The summed E-state index contributed by atoms with van der Waals surface area (Å²) < 4.78 is 7.85. The Bertz CT molecular complexity index is 397. The second-order valence-electron chi connectivity index (χ2n) is 3.15. The molecule has 0 bridgehead atoms. The van der Waals surface area contributed by atoms with Crippen LogP contribution in [0.3, 0.4) is 0 Å². The first kappa shape index (κ1) is 9.30. The summed E-state index contributed by atoms with van der Waals surface area (Å²) in [6.45, 7) is 2.01. The van der Waals surface area contributed by atoms with Crippen molar-refractivity contribution >= 4 is 11.7 Å². The molecule has 72 valence electrons. The van der Waals surface area contributed by atoms with E-state index in [1.54, 1.807) is 6.20 Å². The predicted octanol–water partition coefficient (Wildman–Crippen LogP) is 1.93. The van der Waals surface area contributed by atoms with E-state index in [9.17, 15) is 5.11 Å². The highest BCUT2D eigenvalue weighted by molar-refractivity contribution is 6.99. The van der Waals surface area contributed by atoms with E-state index in [1.165, 1.54) is 5.56 Å². The zero-order chi connectivity index (χ0) is 9.97. The van der Waals surface area contributed by atoms with Gasteiger partial charge >= 0.3 is 0 Å². The van der Waals surface area contributed by atoms with Crippen LogP contribution in [0.15, 0.2) is 30.5 Å². The molecule has 4 heteroatoms. The molecule has 1 unspecified atom stereocenters. The second kappa shape index (κ2) is 3.86. The second-order valence-corrected chi connectivity index (χ2v) is 3.70. The summed E-state index contributed by atoms with van der Waals surface area (Å²) >= 11 is 1.11. The number of aliphatic hydroxyl groups excluding tert-OH is 1. The normalized spacial score (nSPS) is 12.7. The van der Waals surface area contributed by atoms with Gasteiger partial charge in [-0.2, -0.15) is 8.75 Å². The lowest BCUT2D eigenvalue weighted by molar-refractivity contribution is 0.216. The molecule has 2 aromatic rings. The van der Waals surface area contributed by atoms with Gasteiger partial charge in [0.2, 0.25) is 0 Å². The molecule has 1 N–H and O–H groups in total. The molecule has 0 aliphatic heterocycles. The Balaban J connectivity index is 2.28. The molecule has 0 aliphatic rings. The Morgan fingerprint density at radius 1 is 1.29 bits per heavy atom. The SMILES string of the molecule is Cc1ccc(C(O)c2cnsn2)cc1. The highest BCUT2D eigenvalue weighted by Gasteiger charge is 2.12. The van der Waals surface area contributed by atoms with Crippen molar-refractivity contribution in [3.63, 3.8) is 0 Å². The smallest absolute Gasteiger partial charge is 0.124 e. The highest BCUT2D eigenvalue weighted by Crippen LogP contribution is 2.20. The summed E-state index contributed by atoms with van der Waals surface area (Å²) in [5.41, 5.74) is 2.64. The Morgan fingerprint density at radius 3 is 2.57 bits per heavy atom. The zero-order valence-electron chi connectivity index (χ0n) is 7.71. The monoisotopic (exact) mass is 206 g/mol. The average Bonchev–Trinajstić information content (AvgIpc) is 2.71. The molecule has 1 atom stereocenters. The van der Waals surface area contributed by atoms with Gasteiger partial charge in [-0.25, -0.2) is 0 Å². The van der Waals surface area contributed by atoms with Gasteiger partial charge in [-0.3, -0.25) is 0 Å². The molecule has 3 nitrogen and oxygen atoms in total. The van der Waals surface area contributed by atoms with Crippen LogP contribution in [0.5, 0.6) is 0 Å². The first-order valence-corrected chi connectivity index (χ1v) is 5.02. The van der Waals surface area contributed by atoms with Crippen molar-refractivity contribution in [3.8, 4) is 0 Å². The number of hydrogen-bond donors (Lipinski definition) is 1. The van der Waals surface area contributed by atoms with Gasteiger partial charge in [0.15, 0.2) is 0 Å². The third-order valence-electron chi connectivity index (χ3n) is 2.05. The van der Waals surface area contributed by atoms with Gasteiger partial charge in [0.1, 0.15) is 11.8 Å². The van der Waals surface area contributed by atoms with Gasteiger partial charge in [0.25, 0.3) is 0 Å². The average molecular weight is 206 g/mol. The Labute approximate surface area is 86.4 Å². The summed E-state index contributed by atoms with van der Waals surface area (Å²) in [6, 6.07) is 7.75. The van der Waals surface area contributed by atoms with Gasteiger partial charge in [-0.1, -0.05) is 29.8 Å². The summed E-state index contributed by atoms with van der Waals surface area (Å²) in [6.07, 6.45) is 0.934. The van der Waals surface area contributed by atoms with Crippen molar-refractivity contribution in [3.05, 3.63) is 47.3 Å². The Morgan fingerprint density at radius 2 is 2.00 bits per heavy atom. The van der Waals surface area contributed by atoms with Gasteiger partial charge in [0.05, 0.1) is 17.9 Å². The zero-order valence-corrected chi connectivity index (χ0v) is 8.53. The van der Waals surface area contributed by atoms with E-state index in [2.05, 4.69) is 8.75 Å². The number of hydrogen-bond acceptors (Lipinski definition) is 4. The fourth-order valence-electron chi connectivity index (χ4n) is 1.21. The van der Waals surface area contributed by atoms with Gasteiger partial charge < -0.3 is 5.11 Å². The van der Waals surface area contributed by atoms with Gasteiger partial charge in [-0.05, 0) is 12.5 Å². The van der Waals surface area contributed by atoms with Crippen molar-refractivity contribution < 1.29 is 5.11 Å². The molecule has 1 aromatic heterocycles. The number of benzene rings is 1. The van der Waals surface area contributed by atoms with Crippen molar-refractivity contribution in [2.75, 3.05) is 0 Å². The number of rotatable bonds is 2. The lowest BCUT2D eigenvalue weighted by Crippen LogP contribution is -1.99. The molecule has 14 heavy (non-hydrogen) atoms. The molecule has 0 spiro atoms. The maximum atomic E-state index is 9.88. The third-order valence-corrected chi connectivity index (χ3v) is 2.54. The van der Waals surface area contributed by atoms with Crippen LogP contribution in [0, 0.1) is 6.92 Å². The lowest BCUT2D eigenvalue weighted by Gasteiger charge is -2.07. The summed E-state index contributed by atoms with van der Waals surface area (Å²) in [4.78, 5) is 0. The van der Waals surface area contributed by atoms with Crippen LogP contribution in [0.2, 0.25) is 0 Å². The van der Waals surface area contributed by atoms with E-state index in [0.717, 1.165) is 17.3 Å². The summed E-state index contributed by atoms with van der Waals surface area (Å²) in [5.74, 6) is 0. The fraction of sp³-hybridized carbons (Fsp3) is 0.200. The number of aliphatic hydroxyl groups is 1. The third kappa shape index (κ3) is 1.81. The van der Waals surface area contributed by atoms with E-state index in [-0.39, 0.29) is 0 Å². The molecule has 0 saturated carbocycles. The molecule has 2 rings (SSSR count). The van der Waals surface area contributed by atoms with Crippen LogP contribution in [-0.4, -0.2) is 13.9 Å². The van der Waals surface area contributed by atoms with Crippen LogP contribution >= 0.6 is 11.7 Å². The van der Waals surface area contributed by atoms with Crippen LogP contribution < -0.4 is 0 Å². The first-order chi connectivity index (χ1) is 6.77. The van der Waals surface area contributed by atoms with E-state index in [1.807, 2.05) is 31.2 Å². The van der Waals surface area contributed by atoms with Crippen LogP contribution in [0.1, 0.15) is 22.9 Å². The minimum atomic E-state index is -0.658. The van der Waals surface area contributed by atoms with Crippen molar-refractivity contribution in [1.29, 1.82) is 0 Å². The molecule has 0 amide bonds. The molecule has 1 heterocycles. The first-order valence-electron chi connectivity index (χ1n) is 4.29. The molecule has 0 radical (unpaired) electrons. The summed E-state index contributed by atoms with van der Waals surface area (Å²) in [7, 11) is 0. The molecule has 0 fully saturated rings. The molecule has 0 saturated heterocycles. The fourth-order valence-corrected chi connectivity index (χ4v) is 1.66. The topological polar surface area (TPSA) is 46.0 Å². The maximum Gasteiger partial charge on any atom is 0.124 e. The van der Waals surface area contributed by atoms with Crippen LogP contribution in [0.25, 0.3) is 0 Å². The van der Waals surface area contributed by atoms with E-state index in [4.69, 9.17) is 0 Å². The summed E-state index contributed by atoms with van der Waals surface area (Å²) in [5, 5.41) is 9.88. The van der Waals surface area contributed by atoms with E-state index < -0.39 is 6.10 Å². The van der Waals surface area contributed by atoms with Crippen molar-refractivity contribution in [1.82, 2.24) is 8.75 Å². The molecular formula is C10H10N2OS. The highest BCUT2D eigenvalue weighted by atomic mass is 32.1. The van der Waals surface area contributed by atoms with Crippen LogP contribution in [0.4, 0.5) is 0 Å². The number of nitrogens with zero attached hydrogens (tertiary/aromatic N) is 2. The maximum absolute atomic E-state index is 9.88. The number of aryl methyl sites for hydroxylation is 1. The Hall–Kier alpha value is -1.26. The van der Waals surface area contributed by atoms with Crippen LogP contribution in [-0.2, 0) is 0 Å². The molecular weight excluding hydrogens is 196 g/mol. The van der Waals surface area contributed by atoms with Crippen molar-refractivity contribution in [2.45, 2.75) is 13.0 Å². The molecule has 1 aromatic carbocycles.